The van der Waals surface area contributed by atoms with E-state index in [-0.39, 0.29) is 31.9 Å². The van der Waals surface area contributed by atoms with Gasteiger partial charge in [0.25, 0.3) is 5.91 Å². The Morgan fingerprint density at radius 2 is 1.88 bits per heavy atom. The molecule has 0 radical (unpaired) electrons. The minimum absolute atomic E-state index is 0.0765. The smallest absolute Gasteiger partial charge is 0.407 e. The SMILES string of the molecule is CCCCCOC(=O)N[C@H]1CCCCCC=C[C@@H]2C[C@@]2(C(=O)NS(=O)(=O)C2(C)CC2)NC(=O)[C@@H]2C[C@]3(CCc4c(c(C5CC5)nc5cc(OC)ccc45)O3)CN2C1=O. The third-order valence-corrected chi connectivity index (χ3v) is 15.4. The molecule has 8 rings (SSSR count). The number of benzene rings is 1. The van der Waals surface area contributed by atoms with Crippen molar-refractivity contribution >= 4 is 44.7 Å². The van der Waals surface area contributed by atoms with Crippen LogP contribution >= 0.6 is 0 Å². The molecule has 3 saturated carbocycles. The number of ether oxygens (including phenoxy) is 3. The number of nitrogens with zero attached hydrogens (tertiary/aromatic N) is 2. The second-order valence-electron chi connectivity index (χ2n) is 17.7. The van der Waals surface area contributed by atoms with Crippen molar-refractivity contribution in [1.82, 2.24) is 25.2 Å². The quantitative estimate of drug-likeness (QED) is 0.206. The maximum atomic E-state index is 14.8. The molecule has 3 aliphatic carbocycles. The first-order valence-corrected chi connectivity index (χ1v) is 22.8. The van der Waals surface area contributed by atoms with Gasteiger partial charge in [-0.25, -0.2) is 18.2 Å². The van der Waals surface area contributed by atoms with Crippen molar-refractivity contribution in [3.05, 3.63) is 41.6 Å². The molecule has 4 heterocycles. The second-order valence-corrected chi connectivity index (χ2v) is 19.9. The molecule has 0 unspecified atom stereocenters. The van der Waals surface area contributed by atoms with Gasteiger partial charge in [0.15, 0.2) is 0 Å². The van der Waals surface area contributed by atoms with Crippen LogP contribution in [0.5, 0.6) is 11.5 Å². The fourth-order valence-electron chi connectivity index (χ4n) is 9.00. The zero-order valence-electron chi connectivity index (χ0n) is 33.9. The maximum Gasteiger partial charge on any atom is 0.407 e. The molecule has 1 aromatic heterocycles. The van der Waals surface area contributed by atoms with E-state index in [0.717, 1.165) is 60.7 Å². The predicted molar refractivity (Wildman–Crippen MR) is 216 cm³/mol. The average molecular weight is 820 g/mol. The largest absolute Gasteiger partial charge is 0.497 e. The van der Waals surface area contributed by atoms with E-state index in [4.69, 9.17) is 19.2 Å². The lowest BCUT2D eigenvalue weighted by atomic mass is 9.86. The van der Waals surface area contributed by atoms with E-state index in [0.29, 0.717) is 62.9 Å². The van der Waals surface area contributed by atoms with E-state index in [1.165, 1.54) is 4.90 Å². The minimum Gasteiger partial charge on any atom is -0.497 e. The monoisotopic (exact) mass is 819 g/mol. The molecule has 314 valence electrons. The number of sulfonamides is 1. The Bertz CT molecular complexity index is 2120. The number of carbonyl (C=O) groups excluding carboxylic acids is 4. The van der Waals surface area contributed by atoms with Gasteiger partial charge >= 0.3 is 6.09 Å². The first-order chi connectivity index (χ1) is 27.8. The predicted octanol–water partition coefficient (Wildman–Crippen LogP) is 5.46. The number of amides is 4. The summed E-state index contributed by atoms with van der Waals surface area (Å²) in [6, 6.07) is 3.81. The lowest BCUT2D eigenvalue weighted by Gasteiger charge is -2.37. The summed E-state index contributed by atoms with van der Waals surface area (Å²) in [7, 11) is -2.36. The highest BCUT2D eigenvalue weighted by molar-refractivity contribution is 7.91. The summed E-state index contributed by atoms with van der Waals surface area (Å²) in [5.41, 5.74) is 0.279. The number of methoxy groups -OCH3 is 1. The molecule has 3 aliphatic heterocycles. The van der Waals surface area contributed by atoms with Crippen LogP contribution < -0.4 is 24.8 Å². The second kappa shape index (κ2) is 15.6. The number of pyridine rings is 1. The van der Waals surface area contributed by atoms with Crippen LogP contribution in [0.2, 0.25) is 0 Å². The molecule has 1 saturated heterocycles. The third-order valence-electron chi connectivity index (χ3n) is 13.3. The number of alkyl carbamates (subject to hydrolysis) is 1. The summed E-state index contributed by atoms with van der Waals surface area (Å²) in [6.07, 6.45) is 13.5. The minimum atomic E-state index is -3.99. The van der Waals surface area contributed by atoms with Crippen molar-refractivity contribution in [3.63, 3.8) is 0 Å². The molecule has 6 aliphatic rings. The molecule has 15 heteroatoms. The van der Waals surface area contributed by atoms with Crippen molar-refractivity contribution < 1.29 is 41.8 Å². The molecule has 4 amide bonds. The van der Waals surface area contributed by atoms with E-state index in [9.17, 15) is 27.6 Å². The molecular weight excluding hydrogens is 763 g/mol. The van der Waals surface area contributed by atoms with Crippen molar-refractivity contribution in [2.24, 2.45) is 5.92 Å². The Hall–Kier alpha value is -4.40. The maximum absolute atomic E-state index is 14.8. The molecule has 14 nitrogen and oxygen atoms in total. The molecule has 2 aromatic rings. The van der Waals surface area contributed by atoms with Gasteiger partial charge in [-0.3, -0.25) is 19.1 Å². The van der Waals surface area contributed by atoms with Gasteiger partial charge in [0, 0.05) is 35.3 Å². The molecule has 58 heavy (non-hydrogen) atoms. The number of hydrogen-bond acceptors (Lipinski definition) is 10. The van der Waals surface area contributed by atoms with Crippen LogP contribution in [0.15, 0.2) is 30.4 Å². The van der Waals surface area contributed by atoms with E-state index < -0.39 is 67.7 Å². The van der Waals surface area contributed by atoms with Gasteiger partial charge in [-0.15, -0.1) is 0 Å². The van der Waals surface area contributed by atoms with E-state index in [1.54, 1.807) is 14.0 Å². The van der Waals surface area contributed by atoms with Gasteiger partial charge in [-0.05, 0) is 89.7 Å². The number of unbranched alkanes of at least 4 members (excludes halogenated alkanes) is 2. The number of nitrogens with one attached hydrogen (secondary N) is 3. The summed E-state index contributed by atoms with van der Waals surface area (Å²) in [4.78, 5) is 63.4. The summed E-state index contributed by atoms with van der Waals surface area (Å²) < 4.78 is 45.9. The molecule has 4 fully saturated rings. The molecule has 3 N–H and O–H groups in total. The van der Waals surface area contributed by atoms with Crippen molar-refractivity contribution in [2.45, 2.75) is 150 Å². The van der Waals surface area contributed by atoms with Crippen LogP contribution in [0.3, 0.4) is 0 Å². The summed E-state index contributed by atoms with van der Waals surface area (Å²) in [5.74, 6) is -0.525. The van der Waals surface area contributed by atoms with Crippen LogP contribution in [0.4, 0.5) is 4.79 Å². The third kappa shape index (κ3) is 7.87. The van der Waals surface area contributed by atoms with Gasteiger partial charge in [0.2, 0.25) is 21.8 Å². The summed E-state index contributed by atoms with van der Waals surface area (Å²) in [5, 5.41) is 6.78. The fourth-order valence-corrected chi connectivity index (χ4v) is 10.3. The normalized spacial score (nSPS) is 29.2. The van der Waals surface area contributed by atoms with Crippen LogP contribution in [0.25, 0.3) is 10.9 Å². The number of allylic oxidation sites excluding steroid dienone is 1. The Kier molecular flexibility index (Phi) is 10.9. The van der Waals surface area contributed by atoms with Gasteiger partial charge < -0.3 is 29.7 Å². The van der Waals surface area contributed by atoms with Gasteiger partial charge in [-0.1, -0.05) is 44.8 Å². The Balaban J connectivity index is 1.13. The van der Waals surface area contributed by atoms with E-state index in [2.05, 4.69) is 22.3 Å². The van der Waals surface area contributed by atoms with Crippen molar-refractivity contribution in [2.75, 3.05) is 20.3 Å². The zero-order valence-corrected chi connectivity index (χ0v) is 34.7. The standard InChI is InChI=1S/C43H57N5O9S/c1-4-5-11-22-56-40(52)45-32-13-10-8-6-7-9-12-28-24-43(28,39(51)47-58(53,54)41(2)20-21-41)46-37(49)34-25-42(26-48(34)38(32)50)19-18-31-30-17-16-29(55-3)23-33(30)44-35(27-14-15-27)36(31)57-42/h9,12,16-17,23,27-28,32,34H,4-8,10-11,13-15,18-22,24-26H2,1-3H3,(H,45,52)(H,46,49)(H,47,51)/t28-,32+,34+,42-,43-/m1/s1. The number of aromatic nitrogens is 1. The molecule has 0 bridgehead atoms. The molecule has 1 spiro atoms. The van der Waals surface area contributed by atoms with Crippen LogP contribution in [-0.4, -0.2) is 90.3 Å². The van der Waals surface area contributed by atoms with Crippen molar-refractivity contribution in [1.29, 1.82) is 0 Å². The fraction of sp³-hybridized carbons (Fsp3) is 0.651. The van der Waals surface area contributed by atoms with Crippen molar-refractivity contribution in [3.8, 4) is 11.5 Å². The molecule has 1 aromatic carbocycles. The Morgan fingerprint density at radius 1 is 1.07 bits per heavy atom. The van der Waals surface area contributed by atoms with Gasteiger partial charge in [0.05, 0.1) is 36.2 Å². The number of aryl methyl sites for hydroxylation is 1. The Morgan fingerprint density at radius 3 is 2.62 bits per heavy atom. The first kappa shape index (κ1) is 40.4. The highest BCUT2D eigenvalue weighted by Crippen LogP contribution is 2.52. The van der Waals surface area contributed by atoms with Gasteiger partial charge in [0.1, 0.15) is 34.7 Å². The van der Waals surface area contributed by atoms with Crippen LogP contribution in [-0.2, 0) is 35.6 Å². The highest BCUT2D eigenvalue weighted by Gasteiger charge is 2.64. The Labute approximate surface area is 340 Å². The van der Waals surface area contributed by atoms with Crippen LogP contribution in [0, 0.1) is 5.92 Å². The highest BCUT2D eigenvalue weighted by atomic mass is 32.2. The number of fused-ring (bicyclic) bond motifs is 5. The zero-order chi connectivity index (χ0) is 40.9. The topological polar surface area (TPSA) is 182 Å². The summed E-state index contributed by atoms with van der Waals surface area (Å²) >= 11 is 0. The molecule has 5 atom stereocenters. The lowest BCUT2D eigenvalue weighted by molar-refractivity contribution is -0.141. The summed E-state index contributed by atoms with van der Waals surface area (Å²) in [6.45, 7) is 3.98. The number of carbonyl (C=O) groups is 4. The average Bonchev–Trinajstić information content (AvgIpc) is 4.14. The number of rotatable bonds is 10. The number of hydrogen-bond donors (Lipinski definition) is 3. The lowest BCUT2D eigenvalue weighted by Crippen LogP contribution is -2.58. The van der Waals surface area contributed by atoms with Crippen LogP contribution in [0.1, 0.15) is 127 Å². The first-order valence-electron chi connectivity index (χ1n) is 21.3. The van der Waals surface area contributed by atoms with E-state index >= 15 is 0 Å². The van der Waals surface area contributed by atoms with E-state index in [1.807, 2.05) is 30.4 Å². The molecular formula is C43H57N5O9S. The van der Waals surface area contributed by atoms with Gasteiger partial charge in [-0.2, -0.15) is 0 Å².